The van der Waals surface area contributed by atoms with Gasteiger partial charge in [0, 0.05) is 18.0 Å². The average molecular weight is 346 g/mol. The number of nitrogens with one attached hydrogen (secondary N) is 1. The van der Waals surface area contributed by atoms with Crippen LogP contribution >= 0.6 is 15.9 Å². The monoisotopic (exact) mass is 345 g/mol. The van der Waals surface area contributed by atoms with Gasteiger partial charge in [-0.05, 0) is 34.7 Å². The minimum atomic E-state index is 0.516. The molecule has 0 bridgehead atoms. The second kappa shape index (κ2) is 6.14. The zero-order chi connectivity index (χ0) is 14.8. The summed E-state index contributed by atoms with van der Waals surface area (Å²) >= 11 is 3.68. The van der Waals surface area contributed by atoms with Crippen LogP contribution in [0.5, 0.6) is 0 Å². The molecule has 3 nitrogen and oxygen atoms in total. The zero-order valence-corrected chi connectivity index (χ0v) is 14.0. The maximum absolute atomic E-state index is 4.83. The predicted octanol–water partition coefficient (Wildman–Crippen LogP) is 4.85. The minimum absolute atomic E-state index is 0.516. The molecule has 1 heterocycles. The molecule has 0 aliphatic heterocycles. The molecule has 4 heteroatoms. The third-order valence-corrected chi connectivity index (χ3v) is 4.65. The third kappa shape index (κ3) is 3.10. The standard InChI is InChI=1S/C17H20BrN3/c1-3-9-19-17-14(18)15(12-7-5-4-6-8-12)20-16(21-17)13-10-11(13)2/h4-8,11,13H,3,9-10H2,1-2H3,(H,19,20,21). The Morgan fingerprint density at radius 2 is 1.95 bits per heavy atom. The fourth-order valence-electron chi connectivity index (χ4n) is 2.46. The lowest BCUT2D eigenvalue weighted by atomic mass is 10.1. The van der Waals surface area contributed by atoms with Crippen molar-refractivity contribution in [2.45, 2.75) is 32.6 Å². The first-order valence-electron chi connectivity index (χ1n) is 7.57. The highest BCUT2D eigenvalue weighted by Gasteiger charge is 2.37. The van der Waals surface area contributed by atoms with Crippen molar-refractivity contribution in [1.29, 1.82) is 0 Å². The molecule has 1 aromatic heterocycles. The summed E-state index contributed by atoms with van der Waals surface area (Å²) in [5, 5.41) is 3.41. The molecule has 21 heavy (non-hydrogen) atoms. The molecule has 110 valence electrons. The molecule has 2 atom stereocenters. The fraction of sp³-hybridized carbons (Fsp3) is 0.412. The van der Waals surface area contributed by atoms with Gasteiger partial charge in [0.05, 0.1) is 10.2 Å². The number of hydrogen-bond acceptors (Lipinski definition) is 3. The number of rotatable bonds is 5. The van der Waals surface area contributed by atoms with E-state index in [1.54, 1.807) is 0 Å². The summed E-state index contributed by atoms with van der Waals surface area (Å²) in [4.78, 5) is 9.56. The van der Waals surface area contributed by atoms with E-state index in [0.717, 1.165) is 40.3 Å². The van der Waals surface area contributed by atoms with Crippen LogP contribution < -0.4 is 5.32 Å². The molecular weight excluding hydrogens is 326 g/mol. The Morgan fingerprint density at radius 1 is 1.24 bits per heavy atom. The first-order valence-corrected chi connectivity index (χ1v) is 8.36. The zero-order valence-electron chi connectivity index (χ0n) is 12.4. The van der Waals surface area contributed by atoms with Gasteiger partial charge in [0.15, 0.2) is 0 Å². The van der Waals surface area contributed by atoms with Gasteiger partial charge in [0.25, 0.3) is 0 Å². The third-order valence-electron chi connectivity index (χ3n) is 3.90. The van der Waals surface area contributed by atoms with Crippen molar-refractivity contribution in [2.24, 2.45) is 5.92 Å². The van der Waals surface area contributed by atoms with Crippen LogP contribution in [-0.4, -0.2) is 16.5 Å². The van der Waals surface area contributed by atoms with Gasteiger partial charge < -0.3 is 5.32 Å². The second-order valence-corrected chi connectivity index (χ2v) is 6.50. The van der Waals surface area contributed by atoms with Crippen LogP contribution in [0.25, 0.3) is 11.3 Å². The number of nitrogens with zero attached hydrogens (tertiary/aromatic N) is 2. The van der Waals surface area contributed by atoms with Crippen LogP contribution in [-0.2, 0) is 0 Å². The number of benzene rings is 1. The fourth-order valence-corrected chi connectivity index (χ4v) is 3.01. The summed E-state index contributed by atoms with van der Waals surface area (Å²) in [5.41, 5.74) is 2.11. The van der Waals surface area contributed by atoms with E-state index in [-0.39, 0.29) is 0 Å². The SMILES string of the molecule is CCCNc1nc(C2CC2C)nc(-c2ccccc2)c1Br. The summed E-state index contributed by atoms with van der Waals surface area (Å²) in [7, 11) is 0. The van der Waals surface area contributed by atoms with Gasteiger partial charge in [-0.1, -0.05) is 44.2 Å². The molecule has 3 rings (SSSR count). The molecule has 1 aromatic carbocycles. The Balaban J connectivity index is 2.04. The largest absolute Gasteiger partial charge is 0.369 e. The Bertz CT molecular complexity index is 627. The van der Waals surface area contributed by atoms with Crippen LogP contribution in [0, 0.1) is 5.92 Å². The van der Waals surface area contributed by atoms with Gasteiger partial charge in [-0.2, -0.15) is 0 Å². The number of anilines is 1. The number of aromatic nitrogens is 2. The van der Waals surface area contributed by atoms with E-state index < -0.39 is 0 Å². The maximum atomic E-state index is 4.83. The molecular formula is C17H20BrN3. The Kier molecular flexibility index (Phi) is 4.24. The molecule has 0 amide bonds. The van der Waals surface area contributed by atoms with Crippen molar-refractivity contribution in [3.63, 3.8) is 0 Å². The summed E-state index contributed by atoms with van der Waals surface area (Å²) in [5.74, 6) is 3.11. The molecule has 1 saturated carbocycles. The molecule has 1 aliphatic carbocycles. The van der Waals surface area contributed by atoms with Crippen LogP contribution in [0.15, 0.2) is 34.8 Å². The first kappa shape index (κ1) is 14.5. The van der Waals surface area contributed by atoms with Crippen molar-refractivity contribution in [2.75, 3.05) is 11.9 Å². The Labute approximate surface area is 134 Å². The summed E-state index contributed by atoms with van der Waals surface area (Å²) in [6, 6.07) is 10.3. The maximum Gasteiger partial charge on any atom is 0.144 e. The van der Waals surface area contributed by atoms with E-state index in [4.69, 9.17) is 9.97 Å². The Morgan fingerprint density at radius 3 is 2.57 bits per heavy atom. The molecule has 2 unspecified atom stereocenters. The van der Waals surface area contributed by atoms with Crippen LogP contribution in [0.4, 0.5) is 5.82 Å². The lowest BCUT2D eigenvalue weighted by Gasteiger charge is -2.13. The minimum Gasteiger partial charge on any atom is -0.369 e. The van der Waals surface area contributed by atoms with E-state index >= 15 is 0 Å². The number of halogens is 1. The van der Waals surface area contributed by atoms with Gasteiger partial charge in [0.1, 0.15) is 11.6 Å². The van der Waals surface area contributed by atoms with Crippen LogP contribution in [0.2, 0.25) is 0 Å². The quantitative estimate of drug-likeness (QED) is 0.841. The smallest absolute Gasteiger partial charge is 0.144 e. The number of hydrogen-bond donors (Lipinski definition) is 1. The predicted molar refractivity (Wildman–Crippen MR) is 90.5 cm³/mol. The molecule has 2 aromatic rings. The first-order chi connectivity index (χ1) is 10.2. The van der Waals surface area contributed by atoms with Crippen LogP contribution in [0.1, 0.15) is 38.4 Å². The summed E-state index contributed by atoms with van der Waals surface area (Å²) in [6.45, 7) is 5.34. The van der Waals surface area contributed by atoms with E-state index in [1.807, 2.05) is 18.2 Å². The van der Waals surface area contributed by atoms with Gasteiger partial charge >= 0.3 is 0 Å². The molecule has 0 saturated heterocycles. The van der Waals surface area contributed by atoms with Crippen molar-refractivity contribution in [1.82, 2.24) is 9.97 Å². The van der Waals surface area contributed by atoms with Crippen molar-refractivity contribution < 1.29 is 0 Å². The molecule has 0 spiro atoms. The van der Waals surface area contributed by atoms with Gasteiger partial charge in [-0.3, -0.25) is 0 Å². The van der Waals surface area contributed by atoms with Gasteiger partial charge in [-0.25, -0.2) is 9.97 Å². The summed E-state index contributed by atoms with van der Waals surface area (Å²) in [6.07, 6.45) is 2.27. The van der Waals surface area contributed by atoms with E-state index in [1.165, 1.54) is 6.42 Å². The average Bonchev–Trinajstić information content (AvgIpc) is 3.24. The lowest BCUT2D eigenvalue weighted by Crippen LogP contribution is -2.07. The van der Waals surface area contributed by atoms with Crippen molar-refractivity contribution >= 4 is 21.7 Å². The summed E-state index contributed by atoms with van der Waals surface area (Å²) < 4.78 is 0.958. The highest BCUT2D eigenvalue weighted by molar-refractivity contribution is 9.10. The highest BCUT2D eigenvalue weighted by atomic mass is 79.9. The van der Waals surface area contributed by atoms with E-state index in [0.29, 0.717) is 11.8 Å². The van der Waals surface area contributed by atoms with Crippen LogP contribution in [0.3, 0.4) is 0 Å². The second-order valence-electron chi connectivity index (χ2n) is 5.71. The molecule has 1 N–H and O–H groups in total. The molecule has 1 aliphatic rings. The van der Waals surface area contributed by atoms with Gasteiger partial charge in [-0.15, -0.1) is 0 Å². The lowest BCUT2D eigenvalue weighted by molar-refractivity contribution is 0.839. The van der Waals surface area contributed by atoms with E-state index in [2.05, 4.69) is 47.2 Å². The molecule has 0 radical (unpaired) electrons. The Hall–Kier alpha value is -1.42. The van der Waals surface area contributed by atoms with Crippen molar-refractivity contribution in [3.05, 3.63) is 40.6 Å². The van der Waals surface area contributed by atoms with Crippen molar-refractivity contribution in [3.8, 4) is 11.3 Å². The molecule has 1 fully saturated rings. The topological polar surface area (TPSA) is 37.8 Å². The normalized spacial score (nSPS) is 20.3. The highest BCUT2D eigenvalue weighted by Crippen LogP contribution is 2.47. The van der Waals surface area contributed by atoms with E-state index in [9.17, 15) is 0 Å². The van der Waals surface area contributed by atoms with Gasteiger partial charge in [0.2, 0.25) is 0 Å².